The number of halogens is 1. The SMILES string of the molecule is CC1(C)OB(c2cc(S(C)(=O)=O)c(N)cc2F)OC1(C)C. The molecule has 0 aromatic heterocycles. The number of hydrogen-bond acceptors (Lipinski definition) is 5. The number of benzene rings is 1. The van der Waals surface area contributed by atoms with Crippen LogP contribution in [0.4, 0.5) is 10.1 Å². The van der Waals surface area contributed by atoms with Gasteiger partial charge in [-0.15, -0.1) is 0 Å². The normalized spacial score (nSPS) is 20.8. The summed E-state index contributed by atoms with van der Waals surface area (Å²) in [6, 6.07) is 2.17. The van der Waals surface area contributed by atoms with Crippen molar-refractivity contribution in [3.8, 4) is 0 Å². The van der Waals surface area contributed by atoms with Crippen molar-refractivity contribution >= 4 is 28.1 Å². The first-order valence-electron chi connectivity index (χ1n) is 6.50. The van der Waals surface area contributed by atoms with E-state index in [2.05, 4.69) is 0 Å². The summed E-state index contributed by atoms with van der Waals surface area (Å²) in [7, 11) is -4.54. The number of nitrogen functional groups attached to an aromatic ring is 1. The van der Waals surface area contributed by atoms with Gasteiger partial charge in [-0.05, 0) is 39.8 Å². The monoisotopic (exact) mass is 315 g/mol. The first kappa shape index (κ1) is 16.3. The van der Waals surface area contributed by atoms with Gasteiger partial charge in [0.2, 0.25) is 0 Å². The lowest BCUT2D eigenvalue weighted by Gasteiger charge is -2.32. The van der Waals surface area contributed by atoms with Crippen LogP contribution in [0.5, 0.6) is 0 Å². The van der Waals surface area contributed by atoms with Gasteiger partial charge >= 0.3 is 7.12 Å². The fourth-order valence-electron chi connectivity index (χ4n) is 2.06. The van der Waals surface area contributed by atoms with E-state index >= 15 is 0 Å². The van der Waals surface area contributed by atoms with E-state index in [-0.39, 0.29) is 16.0 Å². The van der Waals surface area contributed by atoms with Crippen molar-refractivity contribution in [3.63, 3.8) is 0 Å². The standard InChI is InChI=1S/C13H19BFNO4S/c1-12(2)13(3,4)20-14(19-12)8-6-11(21(5,17)18)10(16)7-9(8)15/h6-7H,16H2,1-5H3. The van der Waals surface area contributed by atoms with Gasteiger partial charge in [0.15, 0.2) is 9.84 Å². The molecule has 1 heterocycles. The second-order valence-corrected chi connectivity index (χ2v) is 8.26. The molecular formula is C13H19BFNO4S. The molecule has 1 aromatic rings. The van der Waals surface area contributed by atoms with E-state index < -0.39 is 34.0 Å². The maximum atomic E-state index is 14.1. The Hall–Kier alpha value is -1.12. The van der Waals surface area contributed by atoms with E-state index in [9.17, 15) is 12.8 Å². The van der Waals surface area contributed by atoms with Crippen LogP contribution in [0.25, 0.3) is 0 Å². The third-order valence-corrected chi connectivity index (χ3v) is 5.19. The minimum Gasteiger partial charge on any atom is -0.399 e. The van der Waals surface area contributed by atoms with Gasteiger partial charge in [0.25, 0.3) is 0 Å². The Labute approximate surface area is 124 Å². The van der Waals surface area contributed by atoms with Gasteiger partial charge in [0, 0.05) is 11.7 Å². The Bertz CT molecular complexity index is 672. The molecule has 2 rings (SSSR count). The number of anilines is 1. The summed E-state index contributed by atoms with van der Waals surface area (Å²) in [5.74, 6) is -0.654. The van der Waals surface area contributed by atoms with Crippen LogP contribution in [-0.4, -0.2) is 33.0 Å². The third-order valence-electron chi connectivity index (χ3n) is 4.04. The molecule has 0 bridgehead atoms. The second-order valence-electron chi connectivity index (χ2n) is 6.27. The molecule has 1 fully saturated rings. The molecule has 5 nitrogen and oxygen atoms in total. The van der Waals surface area contributed by atoms with Crippen LogP contribution in [0.3, 0.4) is 0 Å². The molecular weight excluding hydrogens is 296 g/mol. The van der Waals surface area contributed by atoms with Gasteiger partial charge < -0.3 is 15.0 Å². The van der Waals surface area contributed by atoms with Crippen LogP contribution < -0.4 is 11.2 Å². The van der Waals surface area contributed by atoms with Crippen molar-refractivity contribution in [1.29, 1.82) is 0 Å². The third kappa shape index (κ3) is 2.80. The van der Waals surface area contributed by atoms with Gasteiger partial charge in [0.1, 0.15) is 5.82 Å². The van der Waals surface area contributed by atoms with E-state index in [1.54, 1.807) is 0 Å². The quantitative estimate of drug-likeness (QED) is 0.502. The minimum atomic E-state index is -3.56. The highest BCUT2D eigenvalue weighted by atomic mass is 32.2. The van der Waals surface area contributed by atoms with Crippen molar-refractivity contribution < 1.29 is 22.1 Å². The summed E-state index contributed by atoms with van der Waals surface area (Å²) in [6.45, 7) is 7.33. The molecule has 116 valence electrons. The maximum absolute atomic E-state index is 14.1. The van der Waals surface area contributed by atoms with E-state index in [1.165, 1.54) is 6.07 Å². The van der Waals surface area contributed by atoms with Gasteiger partial charge in [-0.25, -0.2) is 12.8 Å². The zero-order valence-corrected chi connectivity index (χ0v) is 13.5. The van der Waals surface area contributed by atoms with Crippen LogP contribution >= 0.6 is 0 Å². The van der Waals surface area contributed by atoms with E-state index in [0.717, 1.165) is 12.3 Å². The lowest BCUT2D eigenvalue weighted by molar-refractivity contribution is 0.00578. The summed E-state index contributed by atoms with van der Waals surface area (Å²) in [6.07, 6.45) is 1.02. The number of nitrogens with two attached hydrogens (primary N) is 1. The Morgan fingerprint density at radius 1 is 1.14 bits per heavy atom. The predicted octanol–water partition coefficient (Wildman–Crippen LogP) is 1.11. The van der Waals surface area contributed by atoms with Crippen LogP contribution in [0, 0.1) is 5.82 Å². The number of sulfone groups is 1. The molecule has 0 radical (unpaired) electrons. The first-order valence-corrected chi connectivity index (χ1v) is 8.39. The number of hydrogen-bond donors (Lipinski definition) is 1. The van der Waals surface area contributed by atoms with Gasteiger partial charge in [0.05, 0.1) is 21.8 Å². The van der Waals surface area contributed by atoms with Crippen LogP contribution in [0.1, 0.15) is 27.7 Å². The highest BCUT2D eigenvalue weighted by molar-refractivity contribution is 7.90. The highest BCUT2D eigenvalue weighted by Gasteiger charge is 2.52. The summed E-state index contributed by atoms with van der Waals surface area (Å²) in [5.41, 5.74) is 4.20. The molecule has 21 heavy (non-hydrogen) atoms. The van der Waals surface area contributed by atoms with E-state index in [0.29, 0.717) is 0 Å². The average Bonchev–Trinajstić information content (AvgIpc) is 2.45. The summed E-state index contributed by atoms with van der Waals surface area (Å²) in [4.78, 5) is -0.131. The molecule has 1 aliphatic rings. The fourth-order valence-corrected chi connectivity index (χ4v) is 2.88. The molecule has 0 atom stereocenters. The van der Waals surface area contributed by atoms with Crippen LogP contribution in [-0.2, 0) is 19.1 Å². The molecule has 8 heteroatoms. The van der Waals surface area contributed by atoms with Crippen LogP contribution in [0.15, 0.2) is 17.0 Å². The molecule has 1 aromatic carbocycles. The largest absolute Gasteiger partial charge is 0.497 e. The minimum absolute atomic E-state index is 0.0308. The Balaban J connectivity index is 2.52. The maximum Gasteiger partial charge on any atom is 0.497 e. The first-order chi connectivity index (χ1) is 9.35. The van der Waals surface area contributed by atoms with Crippen molar-refractivity contribution in [1.82, 2.24) is 0 Å². The Morgan fingerprint density at radius 2 is 1.62 bits per heavy atom. The molecule has 0 aliphatic carbocycles. The smallest absolute Gasteiger partial charge is 0.399 e. The molecule has 0 spiro atoms. The Morgan fingerprint density at radius 3 is 2.05 bits per heavy atom. The molecule has 0 unspecified atom stereocenters. The van der Waals surface area contributed by atoms with Gasteiger partial charge in [-0.2, -0.15) is 0 Å². The highest BCUT2D eigenvalue weighted by Crippen LogP contribution is 2.37. The predicted molar refractivity (Wildman–Crippen MR) is 79.6 cm³/mol. The van der Waals surface area contributed by atoms with E-state index in [4.69, 9.17) is 15.0 Å². The van der Waals surface area contributed by atoms with Gasteiger partial charge in [-0.3, -0.25) is 0 Å². The molecule has 1 saturated heterocycles. The van der Waals surface area contributed by atoms with Crippen molar-refractivity contribution in [2.75, 3.05) is 12.0 Å². The van der Waals surface area contributed by atoms with Crippen molar-refractivity contribution in [2.24, 2.45) is 0 Å². The molecule has 1 aliphatic heterocycles. The zero-order chi connectivity index (χ0) is 16.2. The topological polar surface area (TPSA) is 78.6 Å². The second kappa shape index (κ2) is 4.69. The zero-order valence-electron chi connectivity index (χ0n) is 12.7. The van der Waals surface area contributed by atoms with Gasteiger partial charge in [-0.1, -0.05) is 0 Å². The van der Waals surface area contributed by atoms with Crippen molar-refractivity contribution in [3.05, 3.63) is 17.9 Å². The Kier molecular flexibility index (Phi) is 3.63. The number of rotatable bonds is 2. The van der Waals surface area contributed by atoms with Crippen LogP contribution in [0.2, 0.25) is 0 Å². The molecule has 0 saturated carbocycles. The lowest BCUT2D eigenvalue weighted by Crippen LogP contribution is -2.41. The van der Waals surface area contributed by atoms with Crippen molar-refractivity contribution in [2.45, 2.75) is 43.8 Å². The summed E-state index contributed by atoms with van der Waals surface area (Å²) in [5, 5.41) is 0. The molecule has 0 amide bonds. The summed E-state index contributed by atoms with van der Waals surface area (Å²) >= 11 is 0. The summed E-state index contributed by atoms with van der Waals surface area (Å²) < 4.78 is 49.0. The van der Waals surface area contributed by atoms with E-state index in [1.807, 2.05) is 27.7 Å². The lowest BCUT2D eigenvalue weighted by atomic mass is 9.78. The molecule has 2 N–H and O–H groups in total. The average molecular weight is 315 g/mol. The fraction of sp³-hybridized carbons (Fsp3) is 0.538.